The lowest BCUT2D eigenvalue weighted by Crippen LogP contribution is -2.34. The Bertz CT molecular complexity index is 413. The average molecular weight is 254 g/mol. The third-order valence-electron chi connectivity index (χ3n) is 2.72. The Morgan fingerprint density at radius 2 is 2.00 bits per heavy atom. The molecule has 0 aliphatic heterocycles. The lowest BCUT2D eigenvalue weighted by atomic mass is 10.3. The predicted molar refractivity (Wildman–Crippen MR) is 71.9 cm³/mol. The van der Waals surface area contributed by atoms with E-state index in [4.69, 9.17) is 9.47 Å². The van der Waals surface area contributed by atoms with Gasteiger partial charge in [0.05, 0.1) is 11.7 Å². The van der Waals surface area contributed by atoms with Crippen LogP contribution >= 0.6 is 0 Å². The van der Waals surface area contributed by atoms with Crippen LogP contribution in [0.5, 0.6) is 0 Å². The van der Waals surface area contributed by atoms with E-state index in [-0.39, 0.29) is 17.9 Å². The van der Waals surface area contributed by atoms with Crippen LogP contribution in [0.15, 0.2) is 23.1 Å². The Labute approximate surface area is 108 Å². The summed E-state index contributed by atoms with van der Waals surface area (Å²) < 4.78 is 12.1. The summed E-state index contributed by atoms with van der Waals surface area (Å²) in [5.41, 5.74) is 0.903. The van der Waals surface area contributed by atoms with Crippen molar-refractivity contribution >= 4 is 5.69 Å². The number of methoxy groups -OCH3 is 2. The number of ether oxygens (including phenoxy) is 2. The van der Waals surface area contributed by atoms with Gasteiger partial charge in [-0.05, 0) is 19.4 Å². The zero-order chi connectivity index (χ0) is 13.5. The molecule has 1 aromatic heterocycles. The van der Waals surface area contributed by atoms with E-state index in [1.807, 2.05) is 20.0 Å². The van der Waals surface area contributed by atoms with Crippen molar-refractivity contribution in [3.63, 3.8) is 0 Å². The smallest absolute Gasteiger partial charge is 0.250 e. The average Bonchev–Trinajstić information content (AvgIpc) is 2.35. The Hall–Kier alpha value is -1.33. The fourth-order valence-corrected chi connectivity index (χ4v) is 1.87. The van der Waals surface area contributed by atoms with Gasteiger partial charge in [0.1, 0.15) is 0 Å². The second-order valence-electron chi connectivity index (χ2n) is 4.22. The van der Waals surface area contributed by atoms with Crippen LogP contribution in [0.25, 0.3) is 0 Å². The third-order valence-corrected chi connectivity index (χ3v) is 2.72. The quantitative estimate of drug-likeness (QED) is 0.752. The molecule has 0 saturated carbocycles. The largest absolute Gasteiger partial charge is 0.376 e. The van der Waals surface area contributed by atoms with Crippen LogP contribution in [0.2, 0.25) is 0 Å². The number of nitrogens with one attached hydrogen (secondary N) is 1. The van der Waals surface area contributed by atoms with Gasteiger partial charge in [0, 0.05) is 33.0 Å². The second kappa shape index (κ2) is 7.18. The van der Waals surface area contributed by atoms with E-state index in [1.54, 1.807) is 30.9 Å². The topological polar surface area (TPSA) is 52.5 Å². The van der Waals surface area contributed by atoms with Crippen molar-refractivity contribution in [1.29, 1.82) is 0 Å². The van der Waals surface area contributed by atoms with E-state index in [0.717, 1.165) is 18.7 Å². The van der Waals surface area contributed by atoms with Gasteiger partial charge in [-0.25, -0.2) is 0 Å². The maximum absolute atomic E-state index is 11.6. The maximum Gasteiger partial charge on any atom is 0.250 e. The molecular formula is C13H22N2O3. The van der Waals surface area contributed by atoms with E-state index < -0.39 is 0 Å². The van der Waals surface area contributed by atoms with Crippen LogP contribution in [0.1, 0.15) is 20.3 Å². The summed E-state index contributed by atoms with van der Waals surface area (Å²) in [6.07, 6.45) is 2.43. The third kappa shape index (κ3) is 3.85. The first-order valence-electron chi connectivity index (χ1n) is 6.15. The molecule has 0 spiro atoms. The Kier molecular flexibility index (Phi) is 5.88. The highest BCUT2D eigenvalue weighted by Gasteiger charge is 2.15. The lowest BCUT2D eigenvalue weighted by molar-refractivity contribution is -0.109. The van der Waals surface area contributed by atoms with Gasteiger partial charge >= 0.3 is 0 Å². The number of anilines is 1. The molecule has 18 heavy (non-hydrogen) atoms. The first kappa shape index (κ1) is 14.7. The van der Waals surface area contributed by atoms with E-state index in [2.05, 4.69) is 5.32 Å². The Morgan fingerprint density at radius 3 is 2.56 bits per heavy atom. The molecule has 0 radical (unpaired) electrons. The molecule has 0 bridgehead atoms. The van der Waals surface area contributed by atoms with Gasteiger partial charge in [-0.2, -0.15) is 0 Å². The summed E-state index contributed by atoms with van der Waals surface area (Å²) >= 11 is 0. The van der Waals surface area contributed by atoms with Crippen molar-refractivity contribution in [2.45, 2.75) is 39.1 Å². The molecule has 1 aromatic rings. The van der Waals surface area contributed by atoms with Crippen molar-refractivity contribution in [3.8, 4) is 0 Å². The van der Waals surface area contributed by atoms with Crippen molar-refractivity contribution in [3.05, 3.63) is 28.7 Å². The number of hydrogen-bond donors (Lipinski definition) is 1. The fraction of sp³-hybridized carbons (Fsp3) is 0.615. The normalized spacial score (nSPS) is 12.7. The van der Waals surface area contributed by atoms with Gasteiger partial charge in [0.2, 0.25) is 0 Å². The van der Waals surface area contributed by atoms with Gasteiger partial charge in [0.25, 0.3) is 5.56 Å². The molecular weight excluding hydrogens is 232 g/mol. The Morgan fingerprint density at radius 1 is 1.33 bits per heavy atom. The van der Waals surface area contributed by atoms with Crippen LogP contribution in [0, 0.1) is 0 Å². The molecule has 5 nitrogen and oxygen atoms in total. The second-order valence-corrected chi connectivity index (χ2v) is 4.22. The molecule has 0 aromatic carbocycles. The first-order chi connectivity index (χ1) is 8.62. The summed E-state index contributed by atoms with van der Waals surface area (Å²) in [6.45, 7) is 4.73. The number of nitrogens with zero attached hydrogens (tertiary/aromatic N) is 1. The van der Waals surface area contributed by atoms with Crippen LogP contribution < -0.4 is 10.9 Å². The SMILES string of the molecule is CCCn1cc(NC(C)C(OC)OC)ccc1=O. The van der Waals surface area contributed by atoms with Gasteiger partial charge in [0.15, 0.2) is 6.29 Å². The lowest BCUT2D eigenvalue weighted by Gasteiger charge is -2.23. The molecule has 0 saturated heterocycles. The van der Waals surface area contributed by atoms with Gasteiger partial charge in [-0.3, -0.25) is 4.79 Å². The molecule has 0 aliphatic carbocycles. The van der Waals surface area contributed by atoms with Crippen molar-refractivity contribution in [1.82, 2.24) is 4.57 Å². The van der Waals surface area contributed by atoms with Crippen LogP contribution in [0.4, 0.5) is 5.69 Å². The molecule has 1 N–H and O–H groups in total. The predicted octanol–water partition coefficient (Wildman–Crippen LogP) is 1.68. The van der Waals surface area contributed by atoms with Crippen molar-refractivity contribution < 1.29 is 9.47 Å². The van der Waals surface area contributed by atoms with E-state index >= 15 is 0 Å². The van der Waals surface area contributed by atoms with Crippen molar-refractivity contribution in [2.24, 2.45) is 0 Å². The number of pyridine rings is 1. The monoisotopic (exact) mass is 254 g/mol. The van der Waals surface area contributed by atoms with E-state index in [9.17, 15) is 4.79 Å². The maximum atomic E-state index is 11.6. The summed E-state index contributed by atoms with van der Waals surface area (Å²) in [6, 6.07) is 3.33. The molecule has 1 unspecified atom stereocenters. The Balaban J connectivity index is 2.78. The van der Waals surface area contributed by atoms with Crippen LogP contribution in [-0.2, 0) is 16.0 Å². The van der Waals surface area contributed by atoms with Crippen LogP contribution in [0.3, 0.4) is 0 Å². The van der Waals surface area contributed by atoms with Gasteiger partial charge < -0.3 is 19.4 Å². The fourth-order valence-electron chi connectivity index (χ4n) is 1.87. The van der Waals surface area contributed by atoms with E-state index in [1.165, 1.54) is 0 Å². The zero-order valence-corrected chi connectivity index (χ0v) is 11.5. The highest BCUT2D eigenvalue weighted by atomic mass is 16.7. The zero-order valence-electron chi connectivity index (χ0n) is 11.5. The minimum atomic E-state index is -0.323. The number of aromatic nitrogens is 1. The number of rotatable bonds is 7. The van der Waals surface area contributed by atoms with Crippen LogP contribution in [-0.4, -0.2) is 31.1 Å². The molecule has 0 amide bonds. The highest BCUT2D eigenvalue weighted by molar-refractivity contribution is 5.41. The van der Waals surface area contributed by atoms with Crippen molar-refractivity contribution in [2.75, 3.05) is 19.5 Å². The summed E-state index contributed by atoms with van der Waals surface area (Å²) in [5, 5.41) is 3.26. The number of hydrogen-bond acceptors (Lipinski definition) is 4. The highest BCUT2D eigenvalue weighted by Crippen LogP contribution is 2.09. The molecule has 0 fully saturated rings. The molecule has 1 rings (SSSR count). The molecule has 1 atom stereocenters. The first-order valence-corrected chi connectivity index (χ1v) is 6.15. The summed E-state index contributed by atoms with van der Waals surface area (Å²) in [7, 11) is 3.20. The molecule has 102 valence electrons. The standard InChI is InChI=1S/C13H22N2O3/c1-5-8-15-9-11(6-7-12(15)16)14-10(2)13(17-3)18-4/h6-7,9-10,13-14H,5,8H2,1-4H3. The summed E-state index contributed by atoms with van der Waals surface area (Å²) in [4.78, 5) is 11.6. The minimum absolute atomic E-state index is 0.00687. The molecule has 0 aliphatic rings. The molecule has 1 heterocycles. The van der Waals surface area contributed by atoms with E-state index in [0.29, 0.717) is 0 Å². The number of aryl methyl sites for hydroxylation is 1. The molecule has 5 heteroatoms. The van der Waals surface area contributed by atoms with Gasteiger partial charge in [-0.15, -0.1) is 0 Å². The minimum Gasteiger partial charge on any atom is -0.376 e. The summed E-state index contributed by atoms with van der Waals surface area (Å²) in [5.74, 6) is 0. The van der Waals surface area contributed by atoms with Gasteiger partial charge in [-0.1, -0.05) is 6.92 Å².